The minimum Gasteiger partial charge on any atom is -0.346 e. The first kappa shape index (κ1) is 19.8. The van der Waals surface area contributed by atoms with E-state index in [0.717, 1.165) is 11.1 Å². The largest absolute Gasteiger partial charge is 0.346 e. The Bertz CT molecular complexity index is 1040. The number of nitrogens with one attached hydrogen (secondary N) is 2. The van der Waals surface area contributed by atoms with Gasteiger partial charge in [0, 0.05) is 24.1 Å². The molecule has 2 aliphatic rings. The predicted octanol–water partition coefficient (Wildman–Crippen LogP) is 2.25. The van der Waals surface area contributed by atoms with Crippen LogP contribution in [-0.4, -0.2) is 34.6 Å². The fourth-order valence-electron chi connectivity index (χ4n) is 3.93. The lowest BCUT2D eigenvalue weighted by Gasteiger charge is -2.29. The Balaban J connectivity index is 1.48. The number of hydrogen-bond acceptors (Lipinski definition) is 4. The second-order valence-electron chi connectivity index (χ2n) is 7.88. The molecule has 30 heavy (non-hydrogen) atoms. The zero-order valence-corrected chi connectivity index (χ0v) is 16.9. The van der Waals surface area contributed by atoms with Crippen molar-refractivity contribution in [1.82, 2.24) is 15.5 Å². The molecule has 0 radical (unpaired) electrons. The van der Waals surface area contributed by atoms with Gasteiger partial charge in [0.15, 0.2) is 0 Å². The summed E-state index contributed by atoms with van der Waals surface area (Å²) in [5, 5.41) is 5.27. The Hall–Kier alpha value is -3.48. The molecule has 2 heterocycles. The molecule has 0 spiro atoms. The topological polar surface area (TPSA) is 95.6 Å². The highest BCUT2D eigenvalue weighted by molar-refractivity contribution is 6.06. The molecule has 2 N–H and O–H groups in total. The third-order valence-corrected chi connectivity index (χ3v) is 5.71. The molecule has 7 heteroatoms. The number of carbonyl (C=O) groups excluding carboxylic acids is 4. The number of carbonyl (C=O) groups is 4. The average Bonchev–Trinajstić information content (AvgIpc) is 3.04. The number of benzene rings is 2. The zero-order chi connectivity index (χ0) is 21.4. The number of fused-ring (bicyclic) bond motifs is 1. The van der Waals surface area contributed by atoms with Crippen LogP contribution >= 0.6 is 0 Å². The van der Waals surface area contributed by atoms with E-state index in [4.69, 9.17) is 0 Å². The molecule has 2 atom stereocenters. The van der Waals surface area contributed by atoms with Crippen molar-refractivity contribution >= 4 is 23.6 Å². The standard InChI is InChI=1S/C23H23N3O4/c1-13-3-5-15(6-4-13)14(2)24-21(28)16-7-8-18-17(11-16)12-26(23(18)30)19-9-10-20(27)25-22(19)29/h3-8,11,14,19H,9-10,12H2,1-2H3,(H,24,28)(H,25,27,29)/t14-,19?/m0/s1. The van der Waals surface area contributed by atoms with E-state index >= 15 is 0 Å². The number of piperidine rings is 1. The lowest BCUT2D eigenvalue weighted by atomic mass is 10.0. The van der Waals surface area contributed by atoms with E-state index in [1.54, 1.807) is 18.2 Å². The summed E-state index contributed by atoms with van der Waals surface area (Å²) in [6, 6.07) is 12.1. The summed E-state index contributed by atoms with van der Waals surface area (Å²) in [7, 11) is 0. The van der Waals surface area contributed by atoms with Crippen molar-refractivity contribution < 1.29 is 19.2 Å². The fraction of sp³-hybridized carbons (Fsp3) is 0.304. The number of amides is 4. The van der Waals surface area contributed by atoms with Gasteiger partial charge in [-0.3, -0.25) is 24.5 Å². The maximum atomic E-state index is 12.8. The normalized spacial score (nSPS) is 19.3. The van der Waals surface area contributed by atoms with Gasteiger partial charge in [0.05, 0.1) is 6.04 Å². The van der Waals surface area contributed by atoms with Crippen molar-refractivity contribution in [1.29, 1.82) is 0 Å². The third-order valence-electron chi connectivity index (χ3n) is 5.71. The van der Waals surface area contributed by atoms with Crippen molar-refractivity contribution in [3.63, 3.8) is 0 Å². The van der Waals surface area contributed by atoms with Crippen molar-refractivity contribution in [3.05, 3.63) is 70.3 Å². The van der Waals surface area contributed by atoms with E-state index in [9.17, 15) is 19.2 Å². The number of aryl methyl sites for hydroxylation is 1. The van der Waals surface area contributed by atoms with Gasteiger partial charge in [0.1, 0.15) is 6.04 Å². The summed E-state index contributed by atoms with van der Waals surface area (Å²) in [5.41, 5.74) is 3.82. The Morgan fingerprint density at radius 3 is 2.57 bits per heavy atom. The van der Waals surface area contributed by atoms with Crippen molar-refractivity contribution in [3.8, 4) is 0 Å². The van der Waals surface area contributed by atoms with Crippen LogP contribution in [0.15, 0.2) is 42.5 Å². The van der Waals surface area contributed by atoms with Crippen LogP contribution in [0.1, 0.15) is 63.2 Å². The Labute approximate surface area is 174 Å². The van der Waals surface area contributed by atoms with Gasteiger partial charge < -0.3 is 10.2 Å². The maximum absolute atomic E-state index is 12.8. The van der Waals surface area contributed by atoms with Gasteiger partial charge in [-0.15, -0.1) is 0 Å². The summed E-state index contributed by atoms with van der Waals surface area (Å²) in [6.07, 6.45) is 0.521. The van der Waals surface area contributed by atoms with E-state index in [1.807, 2.05) is 38.1 Å². The second-order valence-corrected chi connectivity index (χ2v) is 7.88. The SMILES string of the molecule is Cc1ccc([C@H](C)NC(=O)c2ccc3c(c2)CN(C2CCC(=O)NC2=O)C3=O)cc1. The smallest absolute Gasteiger partial charge is 0.255 e. The molecule has 0 bridgehead atoms. The first-order valence-electron chi connectivity index (χ1n) is 9.98. The summed E-state index contributed by atoms with van der Waals surface area (Å²) < 4.78 is 0. The van der Waals surface area contributed by atoms with Gasteiger partial charge in [-0.2, -0.15) is 0 Å². The zero-order valence-electron chi connectivity index (χ0n) is 16.9. The lowest BCUT2D eigenvalue weighted by molar-refractivity contribution is -0.136. The number of imide groups is 1. The molecule has 0 saturated carbocycles. The van der Waals surface area contributed by atoms with E-state index in [1.165, 1.54) is 4.90 Å². The van der Waals surface area contributed by atoms with Crippen LogP contribution in [0, 0.1) is 6.92 Å². The second kappa shape index (κ2) is 7.74. The van der Waals surface area contributed by atoms with Crippen LogP contribution in [0.25, 0.3) is 0 Å². The molecule has 1 fully saturated rings. The van der Waals surface area contributed by atoms with E-state index in [-0.39, 0.29) is 36.7 Å². The highest BCUT2D eigenvalue weighted by atomic mass is 16.2. The van der Waals surface area contributed by atoms with E-state index in [2.05, 4.69) is 10.6 Å². The molecule has 2 aromatic carbocycles. The summed E-state index contributed by atoms with van der Waals surface area (Å²) in [5.74, 6) is -1.24. The van der Waals surface area contributed by atoms with Gasteiger partial charge in [-0.1, -0.05) is 29.8 Å². The Morgan fingerprint density at radius 1 is 1.13 bits per heavy atom. The molecular formula is C23H23N3O4. The molecule has 4 amide bonds. The van der Waals surface area contributed by atoms with Gasteiger partial charge in [-0.05, 0) is 49.6 Å². The highest BCUT2D eigenvalue weighted by Gasteiger charge is 2.39. The molecule has 154 valence electrons. The highest BCUT2D eigenvalue weighted by Crippen LogP contribution is 2.28. The van der Waals surface area contributed by atoms with E-state index in [0.29, 0.717) is 23.1 Å². The molecule has 2 aromatic rings. The van der Waals surface area contributed by atoms with Crippen LogP contribution in [0.5, 0.6) is 0 Å². The van der Waals surface area contributed by atoms with Crippen molar-refractivity contribution in [2.45, 2.75) is 45.3 Å². The molecule has 4 rings (SSSR count). The Kier molecular flexibility index (Phi) is 5.11. The quantitative estimate of drug-likeness (QED) is 0.763. The minimum absolute atomic E-state index is 0.159. The first-order valence-corrected chi connectivity index (χ1v) is 9.98. The maximum Gasteiger partial charge on any atom is 0.255 e. The summed E-state index contributed by atoms with van der Waals surface area (Å²) >= 11 is 0. The van der Waals surface area contributed by atoms with Crippen LogP contribution in [0.3, 0.4) is 0 Å². The van der Waals surface area contributed by atoms with Gasteiger partial charge in [-0.25, -0.2) is 0 Å². The molecular weight excluding hydrogens is 382 g/mol. The third kappa shape index (κ3) is 3.70. The molecule has 7 nitrogen and oxygen atoms in total. The molecule has 1 saturated heterocycles. The van der Waals surface area contributed by atoms with Crippen LogP contribution in [-0.2, 0) is 16.1 Å². The number of hydrogen-bond donors (Lipinski definition) is 2. The van der Waals surface area contributed by atoms with Crippen LogP contribution < -0.4 is 10.6 Å². The minimum atomic E-state index is -0.665. The monoisotopic (exact) mass is 405 g/mol. The average molecular weight is 405 g/mol. The number of nitrogens with zero attached hydrogens (tertiary/aromatic N) is 1. The van der Waals surface area contributed by atoms with Gasteiger partial charge in [0.25, 0.3) is 11.8 Å². The van der Waals surface area contributed by atoms with Crippen molar-refractivity contribution in [2.75, 3.05) is 0 Å². The predicted molar refractivity (Wildman–Crippen MR) is 110 cm³/mol. The van der Waals surface area contributed by atoms with E-state index < -0.39 is 11.9 Å². The van der Waals surface area contributed by atoms with Gasteiger partial charge >= 0.3 is 0 Å². The lowest BCUT2D eigenvalue weighted by Crippen LogP contribution is -2.52. The molecule has 0 aromatic heterocycles. The molecule has 1 unspecified atom stereocenters. The molecule has 0 aliphatic carbocycles. The number of rotatable bonds is 4. The van der Waals surface area contributed by atoms with Crippen LogP contribution in [0.2, 0.25) is 0 Å². The Morgan fingerprint density at radius 2 is 1.87 bits per heavy atom. The summed E-state index contributed by atoms with van der Waals surface area (Å²) in [6.45, 7) is 4.18. The fourth-order valence-corrected chi connectivity index (χ4v) is 3.93. The van der Waals surface area contributed by atoms with Gasteiger partial charge in [0.2, 0.25) is 11.8 Å². The van der Waals surface area contributed by atoms with Crippen LogP contribution in [0.4, 0.5) is 0 Å². The first-order chi connectivity index (χ1) is 14.3. The molecule has 2 aliphatic heterocycles. The van der Waals surface area contributed by atoms with Crippen molar-refractivity contribution in [2.24, 2.45) is 0 Å². The summed E-state index contributed by atoms with van der Waals surface area (Å²) in [4.78, 5) is 50.5.